The average Bonchev–Trinajstić information content (AvgIpc) is 2.34. The van der Waals surface area contributed by atoms with Gasteiger partial charge in [0.2, 0.25) is 5.91 Å². The molecule has 1 amide bonds. The number of aryl methyl sites for hydroxylation is 1. The van der Waals surface area contributed by atoms with Gasteiger partial charge in [-0.1, -0.05) is 29.8 Å². The van der Waals surface area contributed by atoms with Gasteiger partial charge in [0.1, 0.15) is 6.04 Å². The van der Waals surface area contributed by atoms with E-state index in [0.29, 0.717) is 5.56 Å². The number of benzene rings is 1. The van der Waals surface area contributed by atoms with Crippen molar-refractivity contribution in [2.75, 3.05) is 0 Å². The summed E-state index contributed by atoms with van der Waals surface area (Å²) in [7, 11) is 0. The fraction of sp³-hybridized carbons (Fsp3) is 0.385. The van der Waals surface area contributed by atoms with Crippen LogP contribution in [0.1, 0.15) is 24.1 Å². The van der Waals surface area contributed by atoms with Crippen molar-refractivity contribution in [3.8, 4) is 0 Å². The predicted octanol–water partition coefficient (Wildman–Crippen LogP) is -0.0550. The van der Waals surface area contributed by atoms with Crippen molar-refractivity contribution in [3.05, 3.63) is 35.4 Å². The predicted molar refractivity (Wildman–Crippen MR) is 69.4 cm³/mol. The molecule has 0 saturated heterocycles. The second-order valence-electron chi connectivity index (χ2n) is 4.45. The molecule has 0 fully saturated rings. The van der Waals surface area contributed by atoms with Crippen molar-refractivity contribution >= 4 is 11.9 Å². The van der Waals surface area contributed by atoms with Crippen LogP contribution in [0, 0.1) is 6.92 Å². The summed E-state index contributed by atoms with van der Waals surface area (Å²) in [5.41, 5.74) is 7.36. The zero-order valence-electron chi connectivity index (χ0n) is 10.8. The number of carboxylic acids is 1. The number of hydrogen-bond acceptors (Lipinski definition) is 4. The lowest BCUT2D eigenvalue weighted by Gasteiger charge is -2.20. The van der Waals surface area contributed by atoms with E-state index in [1.807, 2.05) is 19.1 Å². The van der Waals surface area contributed by atoms with Crippen LogP contribution in [-0.2, 0) is 9.59 Å². The maximum atomic E-state index is 11.8. The average molecular weight is 266 g/mol. The van der Waals surface area contributed by atoms with Gasteiger partial charge in [-0.3, -0.25) is 4.79 Å². The van der Waals surface area contributed by atoms with Crippen LogP contribution < -0.4 is 11.1 Å². The highest BCUT2D eigenvalue weighted by Crippen LogP contribution is 2.12. The van der Waals surface area contributed by atoms with Gasteiger partial charge in [-0.25, -0.2) is 4.79 Å². The van der Waals surface area contributed by atoms with E-state index in [1.165, 1.54) is 6.92 Å². The van der Waals surface area contributed by atoms with E-state index in [1.54, 1.807) is 12.1 Å². The minimum Gasteiger partial charge on any atom is -0.480 e. The first-order valence-corrected chi connectivity index (χ1v) is 5.86. The Morgan fingerprint density at radius 3 is 2.21 bits per heavy atom. The lowest BCUT2D eigenvalue weighted by Crippen LogP contribution is -2.50. The molecule has 0 aliphatic rings. The van der Waals surface area contributed by atoms with Crippen molar-refractivity contribution in [2.24, 2.45) is 5.73 Å². The first-order chi connectivity index (χ1) is 8.82. The van der Waals surface area contributed by atoms with E-state index < -0.39 is 30.1 Å². The molecule has 0 saturated carbocycles. The molecule has 19 heavy (non-hydrogen) atoms. The molecule has 104 valence electrons. The van der Waals surface area contributed by atoms with E-state index >= 15 is 0 Å². The minimum absolute atomic E-state index is 0.581. The summed E-state index contributed by atoms with van der Waals surface area (Å²) in [4.78, 5) is 22.7. The summed E-state index contributed by atoms with van der Waals surface area (Å²) >= 11 is 0. The van der Waals surface area contributed by atoms with Crippen molar-refractivity contribution < 1.29 is 19.8 Å². The van der Waals surface area contributed by atoms with Crippen molar-refractivity contribution in [1.82, 2.24) is 5.32 Å². The molecule has 3 atom stereocenters. The molecular formula is C13H18N2O4. The van der Waals surface area contributed by atoms with Gasteiger partial charge in [0.15, 0.2) is 6.04 Å². The molecule has 0 bridgehead atoms. The smallest absolute Gasteiger partial charge is 0.328 e. The molecule has 0 radical (unpaired) electrons. The van der Waals surface area contributed by atoms with Crippen molar-refractivity contribution in [2.45, 2.75) is 32.0 Å². The second-order valence-corrected chi connectivity index (χ2v) is 4.45. The number of carbonyl (C=O) groups is 2. The minimum atomic E-state index is -1.37. The third-order valence-electron chi connectivity index (χ3n) is 2.77. The van der Waals surface area contributed by atoms with Gasteiger partial charge in [0.05, 0.1) is 6.10 Å². The summed E-state index contributed by atoms with van der Waals surface area (Å²) in [5, 5.41) is 20.4. The molecule has 0 aliphatic carbocycles. The van der Waals surface area contributed by atoms with Crippen LogP contribution in [0.2, 0.25) is 0 Å². The number of carbonyl (C=O) groups excluding carboxylic acids is 1. The highest BCUT2D eigenvalue weighted by molar-refractivity contribution is 5.87. The first kappa shape index (κ1) is 15.1. The Labute approximate surface area is 111 Å². The molecule has 0 aliphatic heterocycles. The molecule has 0 heterocycles. The van der Waals surface area contributed by atoms with E-state index in [2.05, 4.69) is 5.32 Å². The van der Waals surface area contributed by atoms with Crippen LogP contribution in [0.4, 0.5) is 0 Å². The number of nitrogens with one attached hydrogen (secondary N) is 1. The Morgan fingerprint density at radius 1 is 1.26 bits per heavy atom. The molecule has 1 aromatic carbocycles. The number of carboxylic acid groups (broad SMARTS) is 1. The SMILES string of the molecule is Cc1ccc(C(N)C(=O)NC(C(=O)O)C(C)O)cc1. The number of rotatable bonds is 5. The number of aliphatic hydroxyl groups excluding tert-OH is 1. The van der Waals surface area contributed by atoms with E-state index in [0.717, 1.165) is 5.56 Å². The zero-order valence-corrected chi connectivity index (χ0v) is 10.8. The third kappa shape index (κ3) is 4.04. The third-order valence-corrected chi connectivity index (χ3v) is 2.77. The van der Waals surface area contributed by atoms with Gasteiger partial charge < -0.3 is 21.3 Å². The number of aliphatic carboxylic acids is 1. The summed E-state index contributed by atoms with van der Waals surface area (Å²) < 4.78 is 0. The number of hydrogen-bond donors (Lipinski definition) is 4. The van der Waals surface area contributed by atoms with Crippen LogP contribution in [0.3, 0.4) is 0 Å². The Hall–Kier alpha value is -1.92. The number of aliphatic hydroxyl groups is 1. The quantitative estimate of drug-likeness (QED) is 0.596. The molecule has 0 spiro atoms. The van der Waals surface area contributed by atoms with Crippen LogP contribution in [0.15, 0.2) is 24.3 Å². The fourth-order valence-electron chi connectivity index (χ4n) is 1.56. The van der Waals surface area contributed by atoms with E-state index in [4.69, 9.17) is 10.8 Å². The first-order valence-electron chi connectivity index (χ1n) is 5.86. The van der Waals surface area contributed by atoms with Crippen LogP contribution in [0.25, 0.3) is 0 Å². The lowest BCUT2D eigenvalue weighted by molar-refractivity contribution is -0.145. The standard InChI is InChI=1S/C13H18N2O4/c1-7-3-5-9(6-4-7)10(14)12(17)15-11(8(2)16)13(18)19/h3-6,8,10-11,16H,14H2,1-2H3,(H,15,17)(H,18,19). The Morgan fingerprint density at radius 2 is 1.79 bits per heavy atom. The van der Waals surface area contributed by atoms with Crippen LogP contribution >= 0.6 is 0 Å². The van der Waals surface area contributed by atoms with E-state index in [9.17, 15) is 14.7 Å². The van der Waals surface area contributed by atoms with Gasteiger partial charge in [-0.05, 0) is 19.4 Å². The highest BCUT2D eigenvalue weighted by Gasteiger charge is 2.27. The fourth-order valence-corrected chi connectivity index (χ4v) is 1.56. The lowest BCUT2D eigenvalue weighted by atomic mass is 10.0. The molecular weight excluding hydrogens is 248 g/mol. The molecule has 0 aromatic heterocycles. The summed E-state index contributed by atoms with van der Waals surface area (Å²) in [6, 6.07) is 4.69. The van der Waals surface area contributed by atoms with Gasteiger partial charge in [-0.2, -0.15) is 0 Å². The van der Waals surface area contributed by atoms with Gasteiger partial charge in [0.25, 0.3) is 0 Å². The van der Waals surface area contributed by atoms with Crippen molar-refractivity contribution in [3.63, 3.8) is 0 Å². The molecule has 1 aromatic rings. The maximum absolute atomic E-state index is 11.8. The highest BCUT2D eigenvalue weighted by atomic mass is 16.4. The van der Waals surface area contributed by atoms with Gasteiger partial charge in [-0.15, -0.1) is 0 Å². The normalized spacial score (nSPS) is 15.4. The summed E-state index contributed by atoms with van der Waals surface area (Å²) in [5.74, 6) is -1.95. The molecule has 6 nitrogen and oxygen atoms in total. The summed E-state index contributed by atoms with van der Waals surface area (Å²) in [6.07, 6.45) is -1.20. The monoisotopic (exact) mass is 266 g/mol. The van der Waals surface area contributed by atoms with Crippen LogP contribution in [0.5, 0.6) is 0 Å². The molecule has 6 heteroatoms. The number of amides is 1. The number of nitrogens with two attached hydrogens (primary N) is 1. The second kappa shape index (κ2) is 6.31. The molecule has 1 rings (SSSR count). The topological polar surface area (TPSA) is 113 Å². The van der Waals surface area contributed by atoms with E-state index in [-0.39, 0.29) is 0 Å². The largest absolute Gasteiger partial charge is 0.480 e. The van der Waals surface area contributed by atoms with Gasteiger partial charge in [0, 0.05) is 0 Å². The Kier molecular flexibility index (Phi) is 5.02. The molecule has 3 unspecified atom stereocenters. The van der Waals surface area contributed by atoms with Gasteiger partial charge >= 0.3 is 5.97 Å². The zero-order chi connectivity index (χ0) is 14.6. The maximum Gasteiger partial charge on any atom is 0.328 e. The van der Waals surface area contributed by atoms with Crippen LogP contribution in [-0.4, -0.2) is 34.2 Å². The Balaban J connectivity index is 2.77. The Bertz CT molecular complexity index is 456. The van der Waals surface area contributed by atoms with Crippen molar-refractivity contribution in [1.29, 1.82) is 0 Å². The summed E-state index contributed by atoms with van der Waals surface area (Å²) in [6.45, 7) is 3.19. The molecule has 5 N–H and O–H groups in total.